The van der Waals surface area contributed by atoms with Gasteiger partial charge in [0, 0.05) is 13.1 Å². The predicted molar refractivity (Wildman–Crippen MR) is 116 cm³/mol. The minimum atomic E-state index is 0.484. The Bertz CT molecular complexity index is 635. The summed E-state index contributed by atoms with van der Waals surface area (Å²) in [6.07, 6.45) is 6.67. The van der Waals surface area contributed by atoms with Crippen molar-refractivity contribution in [2.24, 2.45) is 0 Å². The van der Waals surface area contributed by atoms with Crippen LogP contribution in [0.1, 0.15) is 36.8 Å². The molecule has 0 saturated carbocycles. The maximum Gasteiger partial charge on any atom is 0.233 e. The van der Waals surface area contributed by atoms with Gasteiger partial charge in [-0.1, -0.05) is 73.5 Å². The highest BCUT2D eigenvalue weighted by atomic mass is 16.7. The minimum absolute atomic E-state index is 0.484. The van der Waals surface area contributed by atoms with E-state index in [2.05, 4.69) is 0 Å². The molecular weight excluding hydrogens is 380 g/mol. The third-order valence-electron chi connectivity index (χ3n) is 4.72. The first kappa shape index (κ1) is 23.6. The van der Waals surface area contributed by atoms with E-state index in [-0.39, 0.29) is 0 Å². The van der Waals surface area contributed by atoms with Crippen LogP contribution in [-0.4, -0.2) is 49.2 Å². The third kappa shape index (κ3) is 10.2. The lowest BCUT2D eigenvalue weighted by molar-refractivity contribution is -0.173. The van der Waals surface area contributed by atoms with Gasteiger partial charge in [0.25, 0.3) is 0 Å². The zero-order valence-electron chi connectivity index (χ0n) is 17.5. The minimum Gasteiger partial charge on any atom is -0.276 e. The van der Waals surface area contributed by atoms with Crippen LogP contribution in [0.15, 0.2) is 60.7 Å². The van der Waals surface area contributed by atoms with Crippen molar-refractivity contribution < 1.29 is 19.3 Å². The highest BCUT2D eigenvalue weighted by Crippen LogP contribution is 2.05. The molecule has 6 nitrogen and oxygen atoms in total. The van der Waals surface area contributed by atoms with Crippen molar-refractivity contribution in [1.29, 1.82) is 0 Å². The maximum atomic E-state index is 11.1. The number of unbranched alkanes of at least 4 members (excludes halogenated alkanes) is 3. The van der Waals surface area contributed by atoms with Gasteiger partial charge in [-0.3, -0.25) is 19.3 Å². The molecule has 0 heterocycles. The van der Waals surface area contributed by atoms with Crippen LogP contribution in [0.2, 0.25) is 0 Å². The number of amides is 2. The van der Waals surface area contributed by atoms with E-state index >= 15 is 0 Å². The second-order valence-electron chi connectivity index (χ2n) is 7.04. The Morgan fingerprint density at radius 2 is 1.00 bits per heavy atom. The van der Waals surface area contributed by atoms with Crippen LogP contribution in [0.25, 0.3) is 0 Å². The Balaban J connectivity index is 1.48. The summed E-state index contributed by atoms with van der Waals surface area (Å²) in [5.41, 5.74) is 2.38. The quantitative estimate of drug-likeness (QED) is 0.225. The summed E-state index contributed by atoms with van der Waals surface area (Å²) >= 11 is 0. The fourth-order valence-corrected chi connectivity index (χ4v) is 3.04. The molecule has 0 aliphatic heterocycles. The van der Waals surface area contributed by atoms with Gasteiger partial charge < -0.3 is 0 Å². The largest absolute Gasteiger partial charge is 0.276 e. The van der Waals surface area contributed by atoms with Crippen LogP contribution in [0.5, 0.6) is 0 Å². The van der Waals surface area contributed by atoms with Gasteiger partial charge in [-0.2, -0.15) is 0 Å². The fraction of sp³-hybridized carbons (Fsp3) is 0.417. The van der Waals surface area contributed by atoms with Gasteiger partial charge in [0.1, 0.15) is 0 Å². The van der Waals surface area contributed by atoms with Crippen LogP contribution in [0.4, 0.5) is 0 Å². The van der Waals surface area contributed by atoms with Gasteiger partial charge in [0.15, 0.2) is 0 Å². The molecule has 0 aliphatic rings. The highest BCUT2D eigenvalue weighted by Gasteiger charge is 2.05. The molecule has 0 bridgehead atoms. The lowest BCUT2D eigenvalue weighted by Crippen LogP contribution is -2.25. The lowest BCUT2D eigenvalue weighted by Gasteiger charge is -2.18. The Kier molecular flexibility index (Phi) is 11.9. The summed E-state index contributed by atoms with van der Waals surface area (Å²) in [7, 11) is 0. The van der Waals surface area contributed by atoms with Crippen molar-refractivity contribution >= 4 is 12.8 Å². The van der Waals surface area contributed by atoms with Crippen LogP contribution in [0, 0.1) is 0 Å². The molecule has 0 fully saturated rings. The molecule has 0 unspecified atom stereocenters. The second-order valence-corrected chi connectivity index (χ2v) is 7.04. The molecule has 162 valence electrons. The van der Waals surface area contributed by atoms with Gasteiger partial charge in [-0.05, 0) is 36.8 Å². The van der Waals surface area contributed by atoms with E-state index in [1.165, 1.54) is 21.3 Å². The van der Waals surface area contributed by atoms with Crippen molar-refractivity contribution in [3.8, 4) is 0 Å². The monoisotopic (exact) mass is 412 g/mol. The molecule has 2 aromatic carbocycles. The smallest absolute Gasteiger partial charge is 0.233 e. The SMILES string of the molecule is O=CN(CCCCCCN(C=O)OCCc1ccccc1)OCCc1ccccc1. The molecule has 0 radical (unpaired) electrons. The van der Waals surface area contributed by atoms with Gasteiger partial charge >= 0.3 is 0 Å². The van der Waals surface area contributed by atoms with E-state index in [1.807, 2.05) is 60.7 Å². The van der Waals surface area contributed by atoms with E-state index in [4.69, 9.17) is 9.68 Å². The predicted octanol–water partition coefficient (Wildman–Crippen LogP) is 3.81. The zero-order chi connectivity index (χ0) is 21.3. The summed E-state index contributed by atoms with van der Waals surface area (Å²) in [5, 5.41) is 2.74. The van der Waals surface area contributed by atoms with E-state index in [1.54, 1.807) is 0 Å². The summed E-state index contributed by atoms with van der Waals surface area (Å²) in [4.78, 5) is 33.3. The van der Waals surface area contributed by atoms with E-state index in [0.29, 0.717) is 26.3 Å². The van der Waals surface area contributed by atoms with Gasteiger partial charge in [0.2, 0.25) is 12.8 Å². The van der Waals surface area contributed by atoms with Gasteiger partial charge in [-0.15, -0.1) is 0 Å². The Morgan fingerprint density at radius 3 is 1.37 bits per heavy atom. The van der Waals surface area contributed by atoms with Crippen molar-refractivity contribution in [3.05, 3.63) is 71.8 Å². The molecule has 0 saturated heterocycles. The first-order chi connectivity index (χ1) is 14.8. The summed E-state index contributed by atoms with van der Waals surface area (Å²) < 4.78 is 0. The molecule has 2 amide bonds. The third-order valence-corrected chi connectivity index (χ3v) is 4.72. The van der Waals surface area contributed by atoms with Crippen molar-refractivity contribution in [1.82, 2.24) is 10.1 Å². The summed E-state index contributed by atoms with van der Waals surface area (Å²) in [6, 6.07) is 20.1. The summed E-state index contributed by atoms with van der Waals surface area (Å²) in [6.45, 7) is 2.11. The number of hydrogen-bond donors (Lipinski definition) is 0. The van der Waals surface area contributed by atoms with Crippen LogP contribution < -0.4 is 0 Å². The first-order valence-corrected chi connectivity index (χ1v) is 10.6. The molecular formula is C24H32N2O4. The molecule has 0 atom stereocenters. The number of nitrogens with zero attached hydrogens (tertiary/aromatic N) is 2. The average molecular weight is 413 g/mol. The molecule has 0 aromatic heterocycles. The second kappa shape index (κ2) is 15.2. The molecule has 6 heteroatoms. The Morgan fingerprint density at radius 1 is 0.600 bits per heavy atom. The van der Waals surface area contributed by atoms with E-state index in [9.17, 15) is 9.59 Å². The highest BCUT2D eigenvalue weighted by molar-refractivity contribution is 5.45. The maximum absolute atomic E-state index is 11.1. The van der Waals surface area contributed by atoms with Crippen LogP contribution >= 0.6 is 0 Å². The summed E-state index contributed by atoms with van der Waals surface area (Å²) in [5.74, 6) is 0. The van der Waals surface area contributed by atoms with E-state index in [0.717, 1.165) is 51.3 Å². The van der Waals surface area contributed by atoms with Crippen LogP contribution in [0.3, 0.4) is 0 Å². The number of benzene rings is 2. The van der Waals surface area contributed by atoms with Gasteiger partial charge in [-0.25, -0.2) is 10.1 Å². The van der Waals surface area contributed by atoms with Crippen molar-refractivity contribution in [3.63, 3.8) is 0 Å². The Hall–Kier alpha value is -2.70. The lowest BCUT2D eigenvalue weighted by atomic mass is 10.2. The zero-order valence-corrected chi connectivity index (χ0v) is 17.5. The number of hydroxylamine groups is 4. The molecule has 0 aliphatic carbocycles. The first-order valence-electron chi connectivity index (χ1n) is 10.6. The number of hydrogen-bond acceptors (Lipinski definition) is 4. The average Bonchev–Trinajstić information content (AvgIpc) is 2.80. The molecule has 30 heavy (non-hydrogen) atoms. The van der Waals surface area contributed by atoms with E-state index < -0.39 is 0 Å². The normalized spacial score (nSPS) is 10.5. The topological polar surface area (TPSA) is 59.1 Å². The Labute approximate surface area is 179 Å². The van der Waals surface area contributed by atoms with Crippen molar-refractivity contribution in [2.75, 3.05) is 26.3 Å². The number of rotatable bonds is 17. The molecule has 0 N–H and O–H groups in total. The number of carbonyl (C=O) groups excluding carboxylic acids is 2. The number of carbonyl (C=O) groups is 2. The standard InChI is InChI=1S/C24H32N2O4/c27-21-25(29-19-15-23-11-5-3-6-12-23)17-9-1-2-10-18-26(22-28)30-20-16-24-13-7-4-8-14-24/h3-8,11-14,21-22H,1-2,9-10,15-20H2. The van der Waals surface area contributed by atoms with Gasteiger partial charge in [0.05, 0.1) is 13.2 Å². The molecule has 0 spiro atoms. The molecule has 2 rings (SSSR count). The van der Waals surface area contributed by atoms with Crippen molar-refractivity contribution in [2.45, 2.75) is 38.5 Å². The van der Waals surface area contributed by atoms with Crippen LogP contribution in [-0.2, 0) is 32.1 Å². The molecule has 2 aromatic rings. The fourth-order valence-electron chi connectivity index (χ4n) is 3.04.